The molecule has 9 heteroatoms. The van der Waals surface area contributed by atoms with E-state index in [1.54, 1.807) is 24.3 Å². The number of carbonyl (C=O) groups is 3. The number of rotatable bonds is 5. The van der Waals surface area contributed by atoms with Gasteiger partial charge in [0.1, 0.15) is 6.04 Å². The number of nitrogens with zero attached hydrogens (tertiary/aromatic N) is 1. The molecule has 0 saturated heterocycles. The van der Waals surface area contributed by atoms with Gasteiger partial charge in [-0.15, -0.1) is 0 Å². The van der Waals surface area contributed by atoms with Gasteiger partial charge in [-0.25, -0.2) is 0 Å². The van der Waals surface area contributed by atoms with Gasteiger partial charge >= 0.3 is 0 Å². The Hall–Kier alpha value is -3.75. The molecule has 0 aromatic heterocycles. The second-order valence-electron chi connectivity index (χ2n) is 5.96. The van der Waals surface area contributed by atoms with Crippen molar-refractivity contribution in [3.8, 4) is 0 Å². The lowest BCUT2D eigenvalue weighted by molar-refractivity contribution is -0.384. The lowest BCUT2D eigenvalue weighted by atomic mass is 10.1. The first kappa shape index (κ1) is 18.1. The van der Waals surface area contributed by atoms with Crippen LogP contribution in [-0.2, 0) is 9.59 Å². The monoisotopic (exact) mass is 368 g/mol. The van der Waals surface area contributed by atoms with Crippen LogP contribution in [0.25, 0.3) is 0 Å². The van der Waals surface area contributed by atoms with Crippen molar-refractivity contribution in [2.24, 2.45) is 0 Å². The molecule has 1 heterocycles. The molecule has 3 rings (SSSR count). The molecule has 0 saturated carbocycles. The third-order valence-corrected chi connectivity index (χ3v) is 4.05. The van der Waals surface area contributed by atoms with Gasteiger partial charge in [-0.2, -0.15) is 0 Å². The standard InChI is InChI=1S/C18H16N4O5/c23-16(19-11-4-3-5-12(10-11)22(26)27)9-8-15-18(25)20-14-7-2-1-6-13(14)17(24)21-15/h1-7,10,15H,8-9H2,(H,19,23)(H,20,25)(H,21,24). The Labute approximate surface area is 153 Å². The molecule has 1 aliphatic heterocycles. The van der Waals surface area contributed by atoms with Gasteiger partial charge in [-0.3, -0.25) is 24.5 Å². The summed E-state index contributed by atoms with van der Waals surface area (Å²) >= 11 is 0. The van der Waals surface area contributed by atoms with Crippen LogP contribution in [0.2, 0.25) is 0 Å². The Morgan fingerprint density at radius 2 is 1.93 bits per heavy atom. The van der Waals surface area contributed by atoms with Crippen LogP contribution in [0.5, 0.6) is 0 Å². The van der Waals surface area contributed by atoms with E-state index in [2.05, 4.69) is 16.0 Å². The molecule has 0 aliphatic carbocycles. The molecule has 2 aromatic carbocycles. The summed E-state index contributed by atoms with van der Waals surface area (Å²) in [7, 11) is 0. The Bertz CT molecular complexity index is 927. The predicted octanol–water partition coefficient (Wildman–Crippen LogP) is 2.06. The number of fused-ring (bicyclic) bond motifs is 1. The van der Waals surface area contributed by atoms with Gasteiger partial charge in [0, 0.05) is 24.2 Å². The quantitative estimate of drug-likeness (QED) is 0.549. The molecular formula is C18H16N4O5. The van der Waals surface area contributed by atoms with Crippen molar-refractivity contribution in [3.05, 3.63) is 64.2 Å². The van der Waals surface area contributed by atoms with Gasteiger partial charge in [0.05, 0.1) is 16.2 Å². The van der Waals surface area contributed by atoms with Crippen LogP contribution < -0.4 is 16.0 Å². The van der Waals surface area contributed by atoms with Crippen LogP contribution in [0, 0.1) is 10.1 Å². The zero-order valence-electron chi connectivity index (χ0n) is 14.1. The van der Waals surface area contributed by atoms with E-state index in [1.165, 1.54) is 24.3 Å². The van der Waals surface area contributed by atoms with Crippen molar-refractivity contribution in [2.45, 2.75) is 18.9 Å². The van der Waals surface area contributed by atoms with Gasteiger partial charge in [0.25, 0.3) is 11.6 Å². The zero-order valence-corrected chi connectivity index (χ0v) is 14.1. The Morgan fingerprint density at radius 3 is 2.70 bits per heavy atom. The smallest absolute Gasteiger partial charge is 0.271 e. The Balaban J connectivity index is 1.60. The maximum atomic E-state index is 12.3. The fraction of sp³-hybridized carbons (Fsp3) is 0.167. The number of hydrogen-bond donors (Lipinski definition) is 3. The van der Waals surface area contributed by atoms with Crippen molar-refractivity contribution in [3.63, 3.8) is 0 Å². The van der Waals surface area contributed by atoms with Crippen LogP contribution in [0.3, 0.4) is 0 Å². The molecule has 9 nitrogen and oxygen atoms in total. The minimum atomic E-state index is -0.860. The first-order valence-electron chi connectivity index (χ1n) is 8.19. The summed E-state index contributed by atoms with van der Waals surface area (Å²) in [5, 5.41) is 18.6. The van der Waals surface area contributed by atoms with Gasteiger partial charge in [-0.1, -0.05) is 18.2 Å². The van der Waals surface area contributed by atoms with Gasteiger partial charge in [0.15, 0.2) is 0 Å². The number of benzene rings is 2. The highest BCUT2D eigenvalue weighted by atomic mass is 16.6. The number of amides is 3. The van der Waals surface area contributed by atoms with Gasteiger partial charge in [0.2, 0.25) is 11.8 Å². The molecule has 1 atom stereocenters. The number of anilines is 2. The maximum absolute atomic E-state index is 12.3. The molecule has 0 radical (unpaired) electrons. The highest BCUT2D eigenvalue weighted by Crippen LogP contribution is 2.20. The summed E-state index contributed by atoms with van der Waals surface area (Å²) in [6.07, 6.45) is 0.0454. The van der Waals surface area contributed by atoms with Crippen molar-refractivity contribution >= 4 is 34.8 Å². The van der Waals surface area contributed by atoms with Crippen molar-refractivity contribution < 1.29 is 19.3 Å². The number of carbonyl (C=O) groups excluding carboxylic acids is 3. The number of hydrogen-bond acceptors (Lipinski definition) is 5. The minimum absolute atomic E-state index is 0.0442. The van der Waals surface area contributed by atoms with Crippen molar-refractivity contribution in [1.29, 1.82) is 0 Å². The lowest BCUT2D eigenvalue weighted by Crippen LogP contribution is -2.41. The lowest BCUT2D eigenvalue weighted by Gasteiger charge is -2.14. The molecule has 0 spiro atoms. The van der Waals surface area contributed by atoms with Crippen LogP contribution >= 0.6 is 0 Å². The van der Waals surface area contributed by atoms with Crippen LogP contribution in [0.1, 0.15) is 23.2 Å². The van der Waals surface area contributed by atoms with E-state index in [1.807, 2.05) is 0 Å². The largest absolute Gasteiger partial charge is 0.340 e. The fourth-order valence-corrected chi connectivity index (χ4v) is 2.71. The van der Waals surface area contributed by atoms with E-state index in [-0.39, 0.29) is 24.2 Å². The summed E-state index contributed by atoms with van der Waals surface area (Å²) < 4.78 is 0. The average molecular weight is 368 g/mol. The van der Waals surface area contributed by atoms with Crippen LogP contribution in [0.4, 0.5) is 17.1 Å². The molecule has 0 fully saturated rings. The molecule has 3 N–H and O–H groups in total. The number of para-hydroxylation sites is 1. The Kier molecular flexibility index (Phi) is 5.11. The molecule has 1 aliphatic rings. The molecular weight excluding hydrogens is 352 g/mol. The third-order valence-electron chi connectivity index (χ3n) is 4.05. The average Bonchev–Trinajstić information content (AvgIpc) is 2.76. The van der Waals surface area contributed by atoms with Gasteiger partial charge < -0.3 is 16.0 Å². The molecule has 3 amide bonds. The van der Waals surface area contributed by atoms with E-state index >= 15 is 0 Å². The highest BCUT2D eigenvalue weighted by Gasteiger charge is 2.27. The number of nitrogens with one attached hydrogen (secondary N) is 3. The van der Waals surface area contributed by atoms with Crippen molar-refractivity contribution in [2.75, 3.05) is 10.6 Å². The normalized spacial score (nSPS) is 15.8. The molecule has 0 bridgehead atoms. The van der Waals surface area contributed by atoms with Crippen LogP contribution in [0.15, 0.2) is 48.5 Å². The predicted molar refractivity (Wildman–Crippen MR) is 97.3 cm³/mol. The summed E-state index contributed by atoms with van der Waals surface area (Å²) in [6, 6.07) is 11.3. The molecule has 27 heavy (non-hydrogen) atoms. The SMILES string of the molecule is O=C(CCC1NC(=O)c2ccccc2NC1=O)Nc1cccc([N+](=O)[O-])c1. The third kappa shape index (κ3) is 4.27. The second-order valence-corrected chi connectivity index (χ2v) is 5.96. The fourth-order valence-electron chi connectivity index (χ4n) is 2.71. The molecule has 1 unspecified atom stereocenters. The van der Waals surface area contributed by atoms with E-state index in [9.17, 15) is 24.5 Å². The van der Waals surface area contributed by atoms with Crippen molar-refractivity contribution in [1.82, 2.24) is 5.32 Å². The highest BCUT2D eigenvalue weighted by molar-refractivity contribution is 6.09. The zero-order chi connectivity index (χ0) is 19.4. The van der Waals surface area contributed by atoms with E-state index in [0.717, 1.165) is 0 Å². The topological polar surface area (TPSA) is 130 Å². The second kappa shape index (κ2) is 7.65. The van der Waals surface area contributed by atoms with E-state index in [4.69, 9.17) is 0 Å². The number of nitro benzene ring substituents is 1. The maximum Gasteiger partial charge on any atom is 0.271 e. The van der Waals surface area contributed by atoms with Gasteiger partial charge in [-0.05, 0) is 24.6 Å². The molecule has 138 valence electrons. The summed E-state index contributed by atoms with van der Waals surface area (Å²) in [5.41, 5.74) is 0.926. The summed E-state index contributed by atoms with van der Waals surface area (Å²) in [6.45, 7) is 0. The van der Waals surface area contributed by atoms with E-state index in [0.29, 0.717) is 11.3 Å². The van der Waals surface area contributed by atoms with E-state index < -0.39 is 28.7 Å². The first-order valence-corrected chi connectivity index (χ1v) is 8.19. The first-order chi connectivity index (χ1) is 12.9. The summed E-state index contributed by atoms with van der Waals surface area (Å²) in [4.78, 5) is 46.8. The minimum Gasteiger partial charge on any atom is -0.340 e. The summed E-state index contributed by atoms with van der Waals surface area (Å²) in [5.74, 6) is -1.22. The molecule has 2 aromatic rings. The number of nitro groups is 1. The van der Waals surface area contributed by atoms with Crippen LogP contribution in [-0.4, -0.2) is 28.7 Å². The Morgan fingerprint density at radius 1 is 1.15 bits per heavy atom. The number of non-ortho nitro benzene ring substituents is 1.